The minimum absolute atomic E-state index is 0.00221. The summed E-state index contributed by atoms with van der Waals surface area (Å²) in [6.45, 7) is 1.44. The molecule has 13 nitrogen and oxygen atoms in total. The zero-order chi connectivity index (χ0) is 30.5. The number of amides is 2. The largest absolute Gasteiger partial charge is 0.493 e. The molecule has 0 radical (unpaired) electrons. The first-order chi connectivity index (χ1) is 19.2. The van der Waals surface area contributed by atoms with E-state index in [-0.39, 0.29) is 28.0 Å². The van der Waals surface area contributed by atoms with Gasteiger partial charge in [-0.25, -0.2) is 5.43 Å². The maximum Gasteiger partial charge on any atom is 0.416 e. The third-order valence-corrected chi connectivity index (χ3v) is 5.55. The summed E-state index contributed by atoms with van der Waals surface area (Å²) >= 11 is 5.81. The minimum atomic E-state index is -4.70. The van der Waals surface area contributed by atoms with Gasteiger partial charge in [-0.1, -0.05) is 11.6 Å². The highest BCUT2D eigenvalue weighted by Crippen LogP contribution is 2.38. The van der Waals surface area contributed by atoms with Gasteiger partial charge in [0.2, 0.25) is 5.75 Å². The Labute approximate surface area is 232 Å². The average Bonchev–Trinajstić information content (AvgIpc) is 2.92. The molecule has 0 fully saturated rings. The number of methoxy groups -OCH3 is 1. The van der Waals surface area contributed by atoms with E-state index < -0.39 is 50.5 Å². The Morgan fingerprint density at radius 1 is 0.927 bits per heavy atom. The van der Waals surface area contributed by atoms with Crippen LogP contribution in [0.4, 0.5) is 30.2 Å². The highest BCUT2D eigenvalue weighted by molar-refractivity contribution is 6.41. The fourth-order valence-electron chi connectivity index (χ4n) is 3.17. The number of hydrazone groups is 1. The predicted molar refractivity (Wildman–Crippen MR) is 138 cm³/mol. The first-order valence-electron chi connectivity index (χ1n) is 11.0. The van der Waals surface area contributed by atoms with Gasteiger partial charge >= 0.3 is 23.7 Å². The summed E-state index contributed by atoms with van der Waals surface area (Å²) in [5.41, 5.74) is -0.235. The molecule has 0 unspecified atom stereocenters. The number of nitro benzene ring substituents is 2. The van der Waals surface area contributed by atoms with E-state index >= 15 is 0 Å². The number of nitrogens with one attached hydrogen (secondary N) is 2. The molecule has 0 bridgehead atoms. The van der Waals surface area contributed by atoms with E-state index in [1.54, 1.807) is 0 Å². The van der Waals surface area contributed by atoms with Crippen LogP contribution < -0.4 is 20.2 Å². The minimum Gasteiger partial charge on any atom is -0.493 e. The number of benzene rings is 3. The van der Waals surface area contributed by atoms with E-state index in [0.717, 1.165) is 24.3 Å². The second-order valence-corrected chi connectivity index (χ2v) is 8.33. The molecule has 3 rings (SSSR count). The summed E-state index contributed by atoms with van der Waals surface area (Å²) in [6, 6.07) is 9.20. The lowest BCUT2D eigenvalue weighted by molar-refractivity contribution is -0.394. The Morgan fingerprint density at radius 2 is 1.61 bits per heavy atom. The summed E-state index contributed by atoms with van der Waals surface area (Å²) in [4.78, 5) is 45.0. The number of hydrogen-bond acceptors (Lipinski definition) is 9. The zero-order valence-corrected chi connectivity index (χ0v) is 21.6. The van der Waals surface area contributed by atoms with Crippen LogP contribution in [0.25, 0.3) is 0 Å². The number of ether oxygens (including phenoxy) is 2. The van der Waals surface area contributed by atoms with Crippen molar-refractivity contribution >= 4 is 46.2 Å². The molecule has 214 valence electrons. The Kier molecular flexibility index (Phi) is 9.08. The molecule has 3 aromatic rings. The number of anilines is 1. The lowest BCUT2D eigenvalue weighted by atomic mass is 10.1. The molecule has 0 saturated carbocycles. The summed E-state index contributed by atoms with van der Waals surface area (Å²) < 4.78 is 49.6. The van der Waals surface area contributed by atoms with E-state index in [1.807, 2.05) is 10.7 Å². The zero-order valence-electron chi connectivity index (χ0n) is 20.8. The van der Waals surface area contributed by atoms with Gasteiger partial charge in [0.15, 0.2) is 11.5 Å². The van der Waals surface area contributed by atoms with E-state index in [1.165, 1.54) is 32.2 Å². The van der Waals surface area contributed by atoms with Gasteiger partial charge in [0.05, 0.1) is 45.0 Å². The maximum absolute atomic E-state index is 12.9. The molecule has 0 atom stereocenters. The van der Waals surface area contributed by atoms with Crippen LogP contribution >= 0.6 is 11.6 Å². The van der Waals surface area contributed by atoms with E-state index in [0.29, 0.717) is 17.7 Å². The van der Waals surface area contributed by atoms with Gasteiger partial charge in [-0.3, -0.25) is 29.8 Å². The summed E-state index contributed by atoms with van der Waals surface area (Å²) in [5, 5.41) is 27.9. The Morgan fingerprint density at radius 3 is 2.22 bits per heavy atom. The quantitative estimate of drug-likeness (QED) is 0.149. The van der Waals surface area contributed by atoms with Crippen molar-refractivity contribution in [3.63, 3.8) is 0 Å². The van der Waals surface area contributed by atoms with Crippen molar-refractivity contribution in [2.45, 2.75) is 13.1 Å². The average molecular weight is 596 g/mol. The lowest BCUT2D eigenvalue weighted by Gasteiger charge is -2.12. The third kappa shape index (κ3) is 7.45. The number of carbonyl (C=O) groups excluding carboxylic acids is 2. The molecule has 0 aromatic heterocycles. The summed E-state index contributed by atoms with van der Waals surface area (Å²) in [7, 11) is 1.27. The predicted octanol–water partition coefficient (Wildman–Crippen LogP) is 5.46. The van der Waals surface area contributed by atoms with Crippen molar-refractivity contribution in [2.75, 3.05) is 12.4 Å². The van der Waals surface area contributed by atoms with E-state index in [9.17, 15) is 43.0 Å². The van der Waals surface area contributed by atoms with Crippen LogP contribution in [0.5, 0.6) is 17.2 Å². The molecule has 0 saturated heterocycles. The molecule has 2 amide bonds. The normalized spacial score (nSPS) is 11.4. The number of halogens is 4. The van der Waals surface area contributed by atoms with Crippen molar-refractivity contribution in [3.05, 3.63) is 91.0 Å². The van der Waals surface area contributed by atoms with Crippen molar-refractivity contribution < 1.29 is 42.1 Å². The molecular weight excluding hydrogens is 579 g/mol. The molecule has 0 aliphatic carbocycles. The third-order valence-electron chi connectivity index (χ3n) is 5.22. The first-order valence-corrected chi connectivity index (χ1v) is 11.4. The number of non-ortho nitro benzene ring substituents is 1. The number of nitro groups is 2. The molecule has 2 N–H and O–H groups in total. The topological polar surface area (TPSA) is 175 Å². The molecule has 0 aliphatic heterocycles. The number of nitrogens with zero attached hydrogens (tertiary/aromatic N) is 3. The van der Waals surface area contributed by atoms with E-state index in [4.69, 9.17) is 21.1 Å². The standard InChI is InChI=1S/C24H17ClF3N5O8/c1-12(30-31-23(35)22(34)29-17-10-14(24(26,27)28)4-6-16(17)25)13-3-7-20(21(9-13)40-2)41-19-8-5-15(32(36)37)11-18(19)33(38)39/h3-11H,1-2H3,(H,29,34)(H,31,35)/b30-12+. The number of carbonyl (C=O) groups is 2. The molecule has 17 heteroatoms. The number of alkyl halides is 3. The lowest BCUT2D eigenvalue weighted by Crippen LogP contribution is -2.33. The second-order valence-electron chi connectivity index (χ2n) is 7.92. The van der Waals surface area contributed by atoms with Gasteiger partial charge in [-0.2, -0.15) is 18.3 Å². The van der Waals surface area contributed by atoms with Gasteiger partial charge in [0, 0.05) is 11.6 Å². The van der Waals surface area contributed by atoms with Crippen LogP contribution in [0.15, 0.2) is 59.7 Å². The number of rotatable bonds is 8. The molecule has 0 spiro atoms. The van der Waals surface area contributed by atoms with Crippen LogP contribution in [-0.2, 0) is 15.8 Å². The van der Waals surface area contributed by atoms with Crippen LogP contribution in [0.3, 0.4) is 0 Å². The van der Waals surface area contributed by atoms with Gasteiger partial charge in [0.1, 0.15) is 0 Å². The smallest absolute Gasteiger partial charge is 0.416 e. The first kappa shape index (κ1) is 30.3. The molecule has 0 aliphatic rings. The highest BCUT2D eigenvalue weighted by atomic mass is 35.5. The van der Waals surface area contributed by atoms with Crippen LogP contribution in [-0.4, -0.2) is 34.5 Å². The van der Waals surface area contributed by atoms with Crippen molar-refractivity contribution in [3.8, 4) is 17.2 Å². The van der Waals surface area contributed by atoms with Crippen LogP contribution in [0.2, 0.25) is 5.02 Å². The Bertz CT molecular complexity index is 1580. The van der Waals surface area contributed by atoms with Crippen LogP contribution in [0.1, 0.15) is 18.1 Å². The monoisotopic (exact) mass is 595 g/mol. The number of hydrogen-bond donors (Lipinski definition) is 2. The molecular formula is C24H17ClF3N5O8. The summed E-state index contributed by atoms with van der Waals surface area (Å²) in [5.74, 6) is -2.88. The summed E-state index contributed by atoms with van der Waals surface area (Å²) in [6.07, 6.45) is -4.70. The van der Waals surface area contributed by atoms with Gasteiger partial charge in [-0.15, -0.1) is 0 Å². The fraction of sp³-hybridized carbons (Fsp3) is 0.125. The highest BCUT2D eigenvalue weighted by Gasteiger charge is 2.31. The second kappa shape index (κ2) is 12.3. The van der Waals surface area contributed by atoms with Crippen LogP contribution in [0, 0.1) is 20.2 Å². The van der Waals surface area contributed by atoms with Crippen molar-refractivity contribution in [1.82, 2.24) is 5.43 Å². The Balaban J connectivity index is 1.75. The Hall–Kier alpha value is -5.25. The van der Waals surface area contributed by atoms with Gasteiger partial charge in [0.25, 0.3) is 5.69 Å². The maximum atomic E-state index is 12.9. The molecule has 41 heavy (non-hydrogen) atoms. The van der Waals surface area contributed by atoms with Crippen molar-refractivity contribution in [1.29, 1.82) is 0 Å². The van der Waals surface area contributed by atoms with Gasteiger partial charge < -0.3 is 14.8 Å². The molecule has 3 aromatic carbocycles. The fourth-order valence-corrected chi connectivity index (χ4v) is 3.33. The van der Waals surface area contributed by atoms with Crippen molar-refractivity contribution in [2.24, 2.45) is 5.10 Å². The SMILES string of the molecule is COc1cc(/C(C)=N/NC(=O)C(=O)Nc2cc(C(F)(F)F)ccc2Cl)ccc1Oc1ccc([N+](=O)[O-])cc1[N+](=O)[O-]. The van der Waals surface area contributed by atoms with Gasteiger partial charge in [-0.05, 0) is 49.4 Å². The molecule has 0 heterocycles. The van der Waals surface area contributed by atoms with E-state index in [2.05, 4.69) is 5.10 Å².